The summed E-state index contributed by atoms with van der Waals surface area (Å²) in [5, 5.41) is 3.53. The van der Waals surface area contributed by atoms with Crippen LogP contribution in [0.15, 0.2) is 30.3 Å². The van der Waals surface area contributed by atoms with Gasteiger partial charge in [0.05, 0.1) is 0 Å². The van der Waals surface area contributed by atoms with Crippen LogP contribution in [0.4, 0.5) is 0 Å². The van der Waals surface area contributed by atoms with Gasteiger partial charge in [-0.1, -0.05) is 69.4 Å². The first-order valence-electron chi connectivity index (χ1n) is 8.36. The summed E-state index contributed by atoms with van der Waals surface area (Å²) in [6, 6.07) is 10.6. The Bertz CT molecular complexity index is 310. The van der Waals surface area contributed by atoms with Crippen LogP contribution >= 0.6 is 0 Å². The van der Waals surface area contributed by atoms with Gasteiger partial charge >= 0.3 is 0 Å². The second-order valence-corrected chi connectivity index (χ2v) is 5.68. The molecule has 1 atom stereocenters. The van der Waals surface area contributed by atoms with E-state index in [9.17, 15) is 0 Å². The van der Waals surface area contributed by atoms with Crippen molar-refractivity contribution in [2.75, 3.05) is 13.1 Å². The lowest BCUT2D eigenvalue weighted by molar-refractivity contribution is 0.538. The smallest absolute Gasteiger partial charge is 0.0295 e. The van der Waals surface area contributed by atoms with Crippen molar-refractivity contribution in [1.29, 1.82) is 0 Å². The van der Waals surface area contributed by atoms with E-state index in [0.29, 0.717) is 0 Å². The molecule has 1 aromatic rings. The van der Waals surface area contributed by atoms with Gasteiger partial charge < -0.3 is 11.1 Å². The third-order valence-electron chi connectivity index (χ3n) is 3.80. The fourth-order valence-electron chi connectivity index (χ4n) is 2.47. The zero-order valence-electron chi connectivity index (χ0n) is 13.1. The van der Waals surface area contributed by atoms with Crippen molar-refractivity contribution in [3.63, 3.8) is 0 Å². The molecule has 1 aromatic carbocycles. The van der Waals surface area contributed by atoms with Crippen LogP contribution in [0.25, 0.3) is 0 Å². The Labute approximate surface area is 125 Å². The standard InChI is InChI=1S/C18H32N2/c1-2-3-4-5-6-10-15-20-16-11-14-18(19)17-12-8-7-9-13-17/h7-9,12-13,18,20H,2-6,10-11,14-16,19H2,1H3. The lowest BCUT2D eigenvalue weighted by Crippen LogP contribution is -2.19. The first kappa shape index (κ1) is 17.2. The normalized spacial score (nSPS) is 12.5. The highest BCUT2D eigenvalue weighted by atomic mass is 14.8. The number of unbranched alkanes of at least 4 members (excludes halogenated alkanes) is 5. The lowest BCUT2D eigenvalue weighted by Gasteiger charge is -2.12. The fraction of sp³-hybridized carbons (Fsp3) is 0.667. The molecule has 0 aliphatic heterocycles. The number of rotatable bonds is 12. The van der Waals surface area contributed by atoms with E-state index in [4.69, 9.17) is 5.73 Å². The van der Waals surface area contributed by atoms with Gasteiger partial charge in [0.1, 0.15) is 0 Å². The molecular formula is C18H32N2. The Balaban J connectivity index is 1.90. The van der Waals surface area contributed by atoms with Crippen LogP contribution in [-0.4, -0.2) is 13.1 Å². The molecule has 0 amide bonds. The zero-order valence-corrected chi connectivity index (χ0v) is 13.1. The maximum absolute atomic E-state index is 6.18. The molecular weight excluding hydrogens is 244 g/mol. The number of benzene rings is 1. The van der Waals surface area contributed by atoms with Gasteiger partial charge in [0, 0.05) is 6.04 Å². The van der Waals surface area contributed by atoms with E-state index in [0.717, 1.165) is 25.9 Å². The van der Waals surface area contributed by atoms with Crippen LogP contribution in [0.5, 0.6) is 0 Å². The summed E-state index contributed by atoms with van der Waals surface area (Å²) in [6.07, 6.45) is 10.4. The average molecular weight is 276 g/mol. The summed E-state index contributed by atoms with van der Waals surface area (Å²) >= 11 is 0. The van der Waals surface area contributed by atoms with Crippen molar-refractivity contribution in [2.45, 2.75) is 64.3 Å². The summed E-state index contributed by atoms with van der Waals surface area (Å²) in [5.74, 6) is 0. The second-order valence-electron chi connectivity index (χ2n) is 5.68. The molecule has 0 spiro atoms. The van der Waals surface area contributed by atoms with Crippen LogP contribution < -0.4 is 11.1 Å². The Hall–Kier alpha value is -0.860. The van der Waals surface area contributed by atoms with Gasteiger partial charge in [-0.2, -0.15) is 0 Å². The van der Waals surface area contributed by atoms with Crippen molar-refractivity contribution in [3.8, 4) is 0 Å². The quantitative estimate of drug-likeness (QED) is 0.555. The van der Waals surface area contributed by atoms with E-state index in [2.05, 4.69) is 36.5 Å². The van der Waals surface area contributed by atoms with Crippen molar-refractivity contribution in [1.82, 2.24) is 5.32 Å². The summed E-state index contributed by atoms with van der Waals surface area (Å²) in [6.45, 7) is 4.52. The molecule has 1 unspecified atom stereocenters. The number of nitrogens with one attached hydrogen (secondary N) is 1. The summed E-state index contributed by atoms with van der Waals surface area (Å²) in [4.78, 5) is 0. The summed E-state index contributed by atoms with van der Waals surface area (Å²) < 4.78 is 0. The molecule has 114 valence electrons. The van der Waals surface area contributed by atoms with Crippen LogP contribution in [0.1, 0.15) is 69.9 Å². The molecule has 0 aliphatic carbocycles. The van der Waals surface area contributed by atoms with Crippen LogP contribution in [0, 0.1) is 0 Å². The Morgan fingerprint density at radius 3 is 2.30 bits per heavy atom. The summed E-state index contributed by atoms with van der Waals surface area (Å²) in [7, 11) is 0. The van der Waals surface area contributed by atoms with Crippen LogP contribution in [0.3, 0.4) is 0 Å². The molecule has 3 N–H and O–H groups in total. The number of hydrogen-bond acceptors (Lipinski definition) is 2. The van der Waals surface area contributed by atoms with Crippen LogP contribution in [0.2, 0.25) is 0 Å². The third-order valence-corrected chi connectivity index (χ3v) is 3.80. The topological polar surface area (TPSA) is 38.0 Å². The molecule has 2 heteroatoms. The fourth-order valence-corrected chi connectivity index (χ4v) is 2.47. The molecule has 0 radical (unpaired) electrons. The molecule has 0 aliphatic rings. The molecule has 0 saturated heterocycles. The molecule has 0 heterocycles. The Kier molecular flexibility index (Phi) is 10.3. The number of nitrogens with two attached hydrogens (primary N) is 1. The van der Waals surface area contributed by atoms with E-state index in [1.54, 1.807) is 0 Å². The number of hydrogen-bond donors (Lipinski definition) is 2. The highest BCUT2D eigenvalue weighted by molar-refractivity contribution is 5.18. The highest BCUT2D eigenvalue weighted by Gasteiger charge is 2.03. The molecule has 0 saturated carbocycles. The Morgan fingerprint density at radius 1 is 0.900 bits per heavy atom. The average Bonchev–Trinajstić information content (AvgIpc) is 2.50. The molecule has 0 aromatic heterocycles. The third kappa shape index (κ3) is 8.34. The highest BCUT2D eigenvalue weighted by Crippen LogP contribution is 2.14. The molecule has 2 nitrogen and oxygen atoms in total. The zero-order chi connectivity index (χ0) is 14.5. The van der Waals surface area contributed by atoms with E-state index < -0.39 is 0 Å². The van der Waals surface area contributed by atoms with Gasteiger partial charge in [-0.3, -0.25) is 0 Å². The summed E-state index contributed by atoms with van der Waals surface area (Å²) in [5.41, 5.74) is 7.43. The maximum Gasteiger partial charge on any atom is 0.0295 e. The van der Waals surface area contributed by atoms with Gasteiger partial charge in [-0.25, -0.2) is 0 Å². The van der Waals surface area contributed by atoms with Gasteiger partial charge in [-0.05, 0) is 37.9 Å². The van der Waals surface area contributed by atoms with Gasteiger partial charge in [0.2, 0.25) is 0 Å². The Morgan fingerprint density at radius 2 is 1.55 bits per heavy atom. The van der Waals surface area contributed by atoms with E-state index in [1.165, 1.54) is 44.1 Å². The minimum atomic E-state index is 0.187. The van der Waals surface area contributed by atoms with Crippen molar-refractivity contribution in [2.24, 2.45) is 5.73 Å². The lowest BCUT2D eigenvalue weighted by atomic mass is 10.0. The van der Waals surface area contributed by atoms with E-state index in [1.807, 2.05) is 6.07 Å². The minimum absolute atomic E-state index is 0.187. The predicted molar refractivity (Wildman–Crippen MR) is 88.9 cm³/mol. The second kappa shape index (κ2) is 11.9. The first-order valence-corrected chi connectivity index (χ1v) is 8.36. The van der Waals surface area contributed by atoms with Crippen molar-refractivity contribution in [3.05, 3.63) is 35.9 Å². The largest absolute Gasteiger partial charge is 0.324 e. The molecule has 0 bridgehead atoms. The van der Waals surface area contributed by atoms with Gasteiger partial charge in [0.25, 0.3) is 0 Å². The van der Waals surface area contributed by atoms with Gasteiger partial charge in [-0.15, -0.1) is 0 Å². The van der Waals surface area contributed by atoms with Crippen LogP contribution in [-0.2, 0) is 0 Å². The molecule has 1 rings (SSSR count). The monoisotopic (exact) mass is 276 g/mol. The SMILES string of the molecule is CCCCCCCCNCCCC(N)c1ccccc1. The van der Waals surface area contributed by atoms with E-state index >= 15 is 0 Å². The minimum Gasteiger partial charge on any atom is -0.324 e. The van der Waals surface area contributed by atoms with Crippen molar-refractivity contribution < 1.29 is 0 Å². The van der Waals surface area contributed by atoms with Crippen molar-refractivity contribution >= 4 is 0 Å². The molecule has 20 heavy (non-hydrogen) atoms. The van der Waals surface area contributed by atoms with Gasteiger partial charge in [0.15, 0.2) is 0 Å². The predicted octanol–water partition coefficient (Wildman–Crippen LogP) is 4.42. The molecule has 0 fully saturated rings. The first-order chi connectivity index (χ1) is 9.84. The maximum atomic E-state index is 6.18. The van der Waals surface area contributed by atoms with E-state index in [-0.39, 0.29) is 6.04 Å².